The molecule has 0 atom stereocenters. The Bertz CT molecular complexity index is 1440. The van der Waals surface area contributed by atoms with Crippen molar-refractivity contribution in [3.63, 3.8) is 0 Å². The van der Waals surface area contributed by atoms with Gasteiger partial charge in [0.15, 0.2) is 0 Å². The second kappa shape index (κ2) is 76.7. The Balaban J connectivity index is 4.91. The largest absolute Gasteiger partial charge is 0.466 e. The summed E-state index contributed by atoms with van der Waals surface area (Å²) in [6, 6.07) is 0. The summed E-state index contributed by atoms with van der Waals surface area (Å²) in [5, 5.41) is 7.24. The highest BCUT2D eigenvalue weighted by Gasteiger charge is 2.13. The van der Waals surface area contributed by atoms with Crippen molar-refractivity contribution in [3.8, 4) is 0 Å². The topological polar surface area (TPSA) is 136 Å². The Hall–Kier alpha value is -2.28. The van der Waals surface area contributed by atoms with Crippen LogP contribution in [0.1, 0.15) is 394 Å². The zero-order valence-electron chi connectivity index (χ0n) is 61.4. The van der Waals surface area contributed by atoms with E-state index in [2.05, 4.69) is 48.1 Å². The molecule has 0 fully saturated rings. The number of esters is 4. The first-order chi connectivity index (χ1) is 44.9. The van der Waals surface area contributed by atoms with Gasteiger partial charge in [-0.15, -0.1) is 0 Å². The van der Waals surface area contributed by atoms with Crippen LogP contribution in [0.25, 0.3) is 0 Å². The van der Waals surface area contributed by atoms with Crippen molar-refractivity contribution in [2.24, 2.45) is 0 Å². The molecular weight excluding hydrogens is 1130 g/mol. The van der Waals surface area contributed by atoms with Crippen LogP contribution in [0.15, 0.2) is 0 Å². The van der Waals surface area contributed by atoms with Gasteiger partial charge in [-0.3, -0.25) is 19.2 Å². The summed E-state index contributed by atoms with van der Waals surface area (Å²) in [6.07, 6.45) is 67.8. The quantitative estimate of drug-likeness (QED) is 0.0341. The van der Waals surface area contributed by atoms with Crippen molar-refractivity contribution in [1.29, 1.82) is 0 Å². The monoisotopic (exact) mass is 1290 g/mol. The van der Waals surface area contributed by atoms with Gasteiger partial charge in [-0.1, -0.05) is 317 Å². The Morgan fingerprint density at radius 3 is 0.549 bits per heavy atom. The van der Waals surface area contributed by atoms with Gasteiger partial charge in [-0.25, -0.2) is 0 Å². The summed E-state index contributed by atoms with van der Waals surface area (Å²) >= 11 is 0. The lowest BCUT2D eigenvalue weighted by molar-refractivity contribution is -0.145. The predicted octanol–water partition coefficient (Wildman–Crippen LogP) is 21.3. The maximum Gasteiger partial charge on any atom is 0.305 e. The molecule has 0 amide bonds. The molecule has 0 spiro atoms. The number of ether oxygens (including phenoxy) is 4. The molecule has 0 bridgehead atoms. The smallest absolute Gasteiger partial charge is 0.305 e. The summed E-state index contributed by atoms with van der Waals surface area (Å²) in [7, 11) is 0. The van der Waals surface area contributed by atoms with Crippen LogP contribution in [0.4, 0.5) is 0 Å². The molecule has 0 aliphatic rings. The second-order valence-electron chi connectivity index (χ2n) is 27.4. The first-order valence-electron chi connectivity index (χ1n) is 40.3. The van der Waals surface area contributed by atoms with Crippen LogP contribution in [-0.2, 0) is 38.1 Å². The molecule has 0 aliphatic heterocycles. The molecule has 12 nitrogen and oxygen atoms in total. The van der Waals surface area contributed by atoms with Crippen LogP contribution in [-0.4, -0.2) is 126 Å². The molecule has 0 rings (SSSR count). The van der Waals surface area contributed by atoms with Gasteiger partial charge in [0.1, 0.15) is 0 Å². The first kappa shape index (κ1) is 88.7. The second-order valence-corrected chi connectivity index (χ2v) is 27.4. The first-order valence-corrected chi connectivity index (χ1v) is 40.3. The zero-order chi connectivity index (χ0) is 65.9. The fourth-order valence-corrected chi connectivity index (χ4v) is 12.3. The third kappa shape index (κ3) is 73.4. The number of hydrogen-bond donors (Lipinski definition) is 2. The molecule has 0 aromatic carbocycles. The molecule has 0 saturated heterocycles. The molecule has 540 valence electrons. The molecule has 0 saturated carbocycles. The molecule has 12 heteroatoms. The fraction of sp³-hybridized carbons (Fsp3) is 0.949. The van der Waals surface area contributed by atoms with E-state index in [1.54, 1.807) is 0 Å². The Morgan fingerprint density at radius 1 is 0.209 bits per heavy atom. The van der Waals surface area contributed by atoms with E-state index in [1.165, 1.54) is 263 Å². The molecule has 0 aliphatic carbocycles. The lowest BCUT2D eigenvalue weighted by Gasteiger charge is -2.23. The lowest BCUT2D eigenvalue weighted by atomic mass is 10.0. The van der Waals surface area contributed by atoms with Crippen LogP contribution in [0.2, 0.25) is 0 Å². The summed E-state index contributed by atoms with van der Waals surface area (Å²) in [5.74, 6) is -0.415. The number of nitrogens with zero attached hydrogens (tertiary/aromatic N) is 2. The Labute approximate surface area is 565 Å². The van der Waals surface area contributed by atoms with E-state index in [9.17, 15) is 19.2 Å². The number of rotatable bonds is 78. The molecule has 2 N–H and O–H groups in total. The van der Waals surface area contributed by atoms with E-state index < -0.39 is 0 Å². The van der Waals surface area contributed by atoms with E-state index in [1.807, 2.05) is 0 Å². The van der Waals surface area contributed by atoms with Crippen molar-refractivity contribution >= 4 is 23.9 Å². The summed E-state index contributed by atoms with van der Waals surface area (Å²) < 4.78 is 22.6. The minimum atomic E-state index is -0.105. The normalized spacial score (nSPS) is 11.6. The molecule has 0 aromatic heterocycles. The highest BCUT2D eigenvalue weighted by atomic mass is 16.5. The predicted molar refractivity (Wildman–Crippen MR) is 388 cm³/mol. The van der Waals surface area contributed by atoms with Crippen molar-refractivity contribution in [2.45, 2.75) is 394 Å². The number of nitrogens with one attached hydrogen (secondary N) is 2. The Morgan fingerprint density at radius 2 is 0.374 bits per heavy atom. The van der Waals surface area contributed by atoms with Gasteiger partial charge in [0.25, 0.3) is 0 Å². The van der Waals surface area contributed by atoms with Crippen LogP contribution in [0.3, 0.4) is 0 Å². The van der Waals surface area contributed by atoms with Crippen LogP contribution in [0.5, 0.6) is 0 Å². The van der Waals surface area contributed by atoms with Gasteiger partial charge in [0.2, 0.25) is 0 Å². The minimum Gasteiger partial charge on any atom is -0.466 e. The fourth-order valence-electron chi connectivity index (χ4n) is 12.3. The summed E-state index contributed by atoms with van der Waals surface area (Å²) in [4.78, 5) is 55.7. The van der Waals surface area contributed by atoms with E-state index in [4.69, 9.17) is 18.9 Å². The molecule has 0 radical (unpaired) electrons. The van der Waals surface area contributed by atoms with Crippen LogP contribution >= 0.6 is 0 Å². The van der Waals surface area contributed by atoms with E-state index in [-0.39, 0.29) is 23.9 Å². The van der Waals surface area contributed by atoms with E-state index in [0.717, 1.165) is 142 Å². The molecule has 91 heavy (non-hydrogen) atoms. The number of unbranched alkanes of at least 4 members (excludes halogenated alkanes) is 45. The molecular formula is C79H156N4O8. The highest BCUT2D eigenvalue weighted by Crippen LogP contribution is 2.17. The number of carbonyl (C=O) groups is 4. The third-order valence-electron chi connectivity index (χ3n) is 18.4. The standard InChI is InChI=1S/C79H156N4O8/c1-5-9-13-17-21-25-29-32-35-39-43-47-51-73-89-77(85)59-55-67-82(66-54-58-76(84)88-72-50-46-42-38-28-24-20-16-12-8-4)70-64-80-62-63-81-65-71-83(68-56-60-78(86)90-74-52-48-44-40-36-33-30-26-22-18-14-10-6-2)69-57-61-79(87)91-75-53-49-45-41-37-34-31-27-23-19-15-11-7-3/h80-81H,5-75H2,1-4H3. The van der Waals surface area contributed by atoms with Crippen LogP contribution in [0, 0.1) is 0 Å². The highest BCUT2D eigenvalue weighted by molar-refractivity contribution is 5.70. The zero-order valence-corrected chi connectivity index (χ0v) is 61.4. The van der Waals surface area contributed by atoms with Gasteiger partial charge in [0.05, 0.1) is 26.4 Å². The van der Waals surface area contributed by atoms with Gasteiger partial charge in [0, 0.05) is 65.0 Å². The van der Waals surface area contributed by atoms with Crippen LogP contribution < -0.4 is 10.6 Å². The van der Waals surface area contributed by atoms with E-state index in [0.29, 0.717) is 52.1 Å². The van der Waals surface area contributed by atoms with Gasteiger partial charge >= 0.3 is 23.9 Å². The summed E-state index contributed by atoms with van der Waals surface area (Å²) in [6.45, 7) is 19.2. The summed E-state index contributed by atoms with van der Waals surface area (Å²) in [5.41, 5.74) is 0. The van der Waals surface area contributed by atoms with E-state index >= 15 is 0 Å². The molecule has 0 unspecified atom stereocenters. The van der Waals surface area contributed by atoms with Gasteiger partial charge in [-0.2, -0.15) is 0 Å². The average Bonchev–Trinajstić information content (AvgIpc) is 3.58. The average molecular weight is 1290 g/mol. The molecule has 0 aromatic rings. The maximum absolute atomic E-state index is 12.8. The van der Waals surface area contributed by atoms with Gasteiger partial charge < -0.3 is 39.4 Å². The lowest BCUT2D eigenvalue weighted by Crippen LogP contribution is -2.38. The third-order valence-corrected chi connectivity index (χ3v) is 18.4. The van der Waals surface area contributed by atoms with Crippen molar-refractivity contribution in [3.05, 3.63) is 0 Å². The van der Waals surface area contributed by atoms with Crippen molar-refractivity contribution in [1.82, 2.24) is 20.4 Å². The van der Waals surface area contributed by atoms with Crippen molar-refractivity contribution < 1.29 is 38.1 Å². The number of carbonyl (C=O) groups excluding carboxylic acids is 4. The van der Waals surface area contributed by atoms with Gasteiger partial charge in [-0.05, 0) is 77.5 Å². The maximum atomic E-state index is 12.8. The van der Waals surface area contributed by atoms with Crippen molar-refractivity contribution in [2.75, 3.05) is 91.9 Å². The Kier molecular flexibility index (Phi) is 74.8. The minimum absolute atomic E-state index is 0.103. The SMILES string of the molecule is CCCCCCCCCCCCCCCOC(=O)CCCN(CCCC(=O)OCCCCCCCCCCCC)CCNCCNCCN(CCCC(=O)OCCCCCCCCCCCCCCC)CCCC(=O)OCCCCCCCCCCCCCCC. The molecule has 0 heterocycles. The number of hydrogen-bond acceptors (Lipinski definition) is 12.